The van der Waals surface area contributed by atoms with Crippen molar-refractivity contribution in [2.75, 3.05) is 6.54 Å². The van der Waals surface area contributed by atoms with Gasteiger partial charge < -0.3 is 10.6 Å². The van der Waals surface area contributed by atoms with Crippen LogP contribution in [0.15, 0.2) is 12.3 Å². The number of piperidine rings is 1. The number of aryl methyl sites for hydroxylation is 2. The quantitative estimate of drug-likeness (QED) is 0.869. The highest BCUT2D eigenvalue weighted by Crippen LogP contribution is 2.17. The Bertz CT molecular complexity index is 678. The van der Waals surface area contributed by atoms with E-state index >= 15 is 0 Å². The summed E-state index contributed by atoms with van der Waals surface area (Å²) < 4.78 is 1.74. The first kappa shape index (κ1) is 14.0. The maximum Gasteiger partial charge on any atom is 0.253 e. The van der Waals surface area contributed by atoms with Crippen LogP contribution in [0.2, 0.25) is 0 Å². The molecule has 112 valence electrons. The third-order valence-electron chi connectivity index (χ3n) is 4.20. The number of hydrogen-bond acceptors (Lipinski definition) is 4. The predicted octanol–water partition coefficient (Wildman–Crippen LogP) is 1.15. The summed E-state index contributed by atoms with van der Waals surface area (Å²) in [6.07, 6.45) is 3.73. The monoisotopic (exact) mass is 287 g/mol. The smallest absolute Gasteiger partial charge is 0.253 e. The van der Waals surface area contributed by atoms with Gasteiger partial charge in [-0.3, -0.25) is 9.48 Å². The van der Waals surface area contributed by atoms with Gasteiger partial charge >= 0.3 is 0 Å². The summed E-state index contributed by atoms with van der Waals surface area (Å²) in [6, 6.07) is 2.36. The molecule has 0 saturated carbocycles. The van der Waals surface area contributed by atoms with Crippen LogP contribution in [0.4, 0.5) is 0 Å². The number of nitrogens with one attached hydrogen (secondary N) is 2. The first-order valence-corrected chi connectivity index (χ1v) is 7.40. The highest BCUT2D eigenvalue weighted by molar-refractivity contribution is 5.97. The standard InChI is InChI=1S/C15H21N5O/c1-9-12-7-11(8-17-14(12)20(3)19-9)15(21)18-13-5-4-6-16-10(13)2/h7-8,10,13,16H,4-6H2,1-3H3,(H,18,21). The second kappa shape index (κ2) is 5.44. The molecule has 1 fully saturated rings. The van der Waals surface area contributed by atoms with E-state index in [1.807, 2.05) is 20.0 Å². The molecule has 0 radical (unpaired) electrons. The molecular weight excluding hydrogens is 266 g/mol. The van der Waals surface area contributed by atoms with E-state index in [-0.39, 0.29) is 11.9 Å². The number of nitrogens with zero attached hydrogens (tertiary/aromatic N) is 3. The highest BCUT2D eigenvalue weighted by Gasteiger charge is 2.23. The van der Waals surface area contributed by atoms with Crippen molar-refractivity contribution in [2.45, 2.75) is 38.8 Å². The number of fused-ring (bicyclic) bond motifs is 1. The van der Waals surface area contributed by atoms with Gasteiger partial charge in [-0.25, -0.2) is 4.98 Å². The lowest BCUT2D eigenvalue weighted by molar-refractivity contribution is 0.0919. The van der Waals surface area contributed by atoms with Gasteiger partial charge in [0, 0.05) is 30.7 Å². The first-order chi connectivity index (χ1) is 10.1. The minimum atomic E-state index is -0.0618. The molecular formula is C15H21N5O. The van der Waals surface area contributed by atoms with Gasteiger partial charge in [-0.1, -0.05) is 0 Å². The summed E-state index contributed by atoms with van der Waals surface area (Å²) in [5.41, 5.74) is 2.29. The minimum Gasteiger partial charge on any atom is -0.348 e. The molecule has 0 bridgehead atoms. The molecule has 6 nitrogen and oxygen atoms in total. The Balaban J connectivity index is 1.82. The Morgan fingerprint density at radius 2 is 2.33 bits per heavy atom. The van der Waals surface area contributed by atoms with Crippen molar-refractivity contribution < 1.29 is 4.79 Å². The lowest BCUT2D eigenvalue weighted by Gasteiger charge is -2.30. The van der Waals surface area contributed by atoms with Crippen molar-refractivity contribution in [1.82, 2.24) is 25.4 Å². The molecule has 21 heavy (non-hydrogen) atoms. The Hall–Kier alpha value is -1.95. The second-order valence-electron chi connectivity index (χ2n) is 5.77. The molecule has 1 aliphatic rings. The maximum absolute atomic E-state index is 12.4. The Kier molecular flexibility index (Phi) is 3.63. The van der Waals surface area contributed by atoms with E-state index in [0.717, 1.165) is 36.1 Å². The molecule has 1 amide bonds. The number of carbonyl (C=O) groups is 1. The topological polar surface area (TPSA) is 71.8 Å². The molecule has 6 heteroatoms. The van der Waals surface area contributed by atoms with E-state index in [4.69, 9.17) is 0 Å². The average Bonchev–Trinajstić information content (AvgIpc) is 2.76. The normalized spacial score (nSPS) is 22.4. The van der Waals surface area contributed by atoms with Crippen LogP contribution >= 0.6 is 0 Å². The van der Waals surface area contributed by atoms with Gasteiger partial charge in [-0.2, -0.15) is 5.10 Å². The number of hydrogen-bond donors (Lipinski definition) is 2. The van der Waals surface area contributed by atoms with Crippen molar-refractivity contribution in [3.63, 3.8) is 0 Å². The number of carbonyl (C=O) groups excluding carboxylic acids is 1. The fourth-order valence-corrected chi connectivity index (χ4v) is 2.92. The fraction of sp³-hybridized carbons (Fsp3) is 0.533. The largest absolute Gasteiger partial charge is 0.348 e. The van der Waals surface area contributed by atoms with Crippen LogP contribution in [-0.2, 0) is 7.05 Å². The average molecular weight is 287 g/mol. The molecule has 1 saturated heterocycles. The number of rotatable bonds is 2. The summed E-state index contributed by atoms with van der Waals surface area (Å²) in [5.74, 6) is -0.0618. The van der Waals surface area contributed by atoms with Crippen LogP contribution in [0.25, 0.3) is 11.0 Å². The molecule has 3 rings (SSSR count). The summed E-state index contributed by atoms with van der Waals surface area (Å²) in [6.45, 7) is 5.06. The summed E-state index contributed by atoms with van der Waals surface area (Å²) in [7, 11) is 1.86. The number of pyridine rings is 1. The molecule has 2 N–H and O–H groups in total. The van der Waals surface area contributed by atoms with E-state index in [1.165, 1.54) is 0 Å². The van der Waals surface area contributed by atoms with Crippen molar-refractivity contribution in [3.05, 3.63) is 23.5 Å². The van der Waals surface area contributed by atoms with E-state index < -0.39 is 0 Å². The Morgan fingerprint density at radius 3 is 3.10 bits per heavy atom. The van der Waals surface area contributed by atoms with Gasteiger partial charge in [-0.05, 0) is 39.3 Å². The molecule has 1 aliphatic heterocycles. The van der Waals surface area contributed by atoms with Crippen molar-refractivity contribution in [3.8, 4) is 0 Å². The fourth-order valence-electron chi connectivity index (χ4n) is 2.92. The van der Waals surface area contributed by atoms with E-state index in [2.05, 4.69) is 27.6 Å². The van der Waals surface area contributed by atoms with Crippen LogP contribution in [0.3, 0.4) is 0 Å². The van der Waals surface area contributed by atoms with Gasteiger partial charge in [0.05, 0.1) is 11.3 Å². The lowest BCUT2D eigenvalue weighted by Crippen LogP contribution is -2.51. The zero-order valence-electron chi connectivity index (χ0n) is 12.7. The van der Waals surface area contributed by atoms with Gasteiger partial charge in [-0.15, -0.1) is 0 Å². The SMILES string of the molecule is Cc1nn(C)c2ncc(C(=O)NC3CCCNC3C)cc12. The second-order valence-corrected chi connectivity index (χ2v) is 5.77. The molecule has 0 aliphatic carbocycles. The van der Waals surface area contributed by atoms with Gasteiger partial charge in [0.2, 0.25) is 0 Å². The van der Waals surface area contributed by atoms with Crippen molar-refractivity contribution in [2.24, 2.45) is 7.05 Å². The summed E-state index contributed by atoms with van der Waals surface area (Å²) in [5, 5.41) is 11.8. The third kappa shape index (κ3) is 2.63. The molecule has 2 aromatic rings. The molecule has 3 heterocycles. The van der Waals surface area contributed by atoms with Crippen molar-refractivity contribution in [1.29, 1.82) is 0 Å². The van der Waals surface area contributed by atoms with E-state index in [1.54, 1.807) is 10.9 Å². The first-order valence-electron chi connectivity index (χ1n) is 7.40. The zero-order valence-corrected chi connectivity index (χ0v) is 12.7. The molecule has 2 atom stereocenters. The maximum atomic E-state index is 12.4. The summed E-state index contributed by atoms with van der Waals surface area (Å²) in [4.78, 5) is 16.8. The highest BCUT2D eigenvalue weighted by atomic mass is 16.1. The van der Waals surface area contributed by atoms with E-state index in [9.17, 15) is 4.79 Å². The predicted molar refractivity (Wildman–Crippen MR) is 81.2 cm³/mol. The van der Waals surface area contributed by atoms with Crippen LogP contribution in [0.5, 0.6) is 0 Å². The zero-order chi connectivity index (χ0) is 15.0. The third-order valence-corrected chi connectivity index (χ3v) is 4.20. The Morgan fingerprint density at radius 1 is 1.52 bits per heavy atom. The van der Waals surface area contributed by atoms with Crippen LogP contribution in [0, 0.1) is 6.92 Å². The molecule has 0 aromatic carbocycles. The molecule has 2 aromatic heterocycles. The number of aromatic nitrogens is 3. The summed E-state index contributed by atoms with van der Waals surface area (Å²) >= 11 is 0. The lowest BCUT2D eigenvalue weighted by atomic mass is 9.99. The van der Waals surface area contributed by atoms with Crippen LogP contribution < -0.4 is 10.6 Å². The molecule has 0 spiro atoms. The van der Waals surface area contributed by atoms with Crippen molar-refractivity contribution >= 4 is 16.9 Å². The molecule has 2 unspecified atom stereocenters. The van der Waals surface area contributed by atoms with Gasteiger partial charge in [0.25, 0.3) is 5.91 Å². The Labute approximate surface area is 123 Å². The van der Waals surface area contributed by atoms with Crippen LogP contribution in [0.1, 0.15) is 35.8 Å². The van der Waals surface area contributed by atoms with E-state index in [0.29, 0.717) is 11.6 Å². The van der Waals surface area contributed by atoms with Gasteiger partial charge in [0.1, 0.15) is 0 Å². The van der Waals surface area contributed by atoms with Gasteiger partial charge in [0.15, 0.2) is 5.65 Å². The van der Waals surface area contributed by atoms with Crippen LogP contribution in [-0.4, -0.2) is 39.3 Å². The minimum absolute atomic E-state index is 0.0618. The number of amides is 1.